The first-order valence-corrected chi connectivity index (χ1v) is 8.38. The predicted molar refractivity (Wildman–Crippen MR) is 90.3 cm³/mol. The molecule has 0 radical (unpaired) electrons. The van der Waals surface area contributed by atoms with E-state index in [2.05, 4.69) is 34.4 Å². The Kier molecular flexibility index (Phi) is 5.63. The number of rotatable bonds is 4. The number of nitro benzene ring substituents is 1. The van der Waals surface area contributed by atoms with Gasteiger partial charge in [-0.2, -0.15) is 0 Å². The molecule has 1 aromatic rings. The maximum atomic E-state index is 10.9. The van der Waals surface area contributed by atoms with Gasteiger partial charge in [0, 0.05) is 24.8 Å². The van der Waals surface area contributed by atoms with Gasteiger partial charge in [-0.25, -0.2) is 0 Å². The Morgan fingerprint density at radius 3 is 2.85 bits per heavy atom. The molecule has 0 spiro atoms. The molecule has 0 amide bonds. The van der Waals surface area contributed by atoms with E-state index in [-0.39, 0.29) is 10.6 Å². The minimum atomic E-state index is -0.314. The van der Waals surface area contributed by atoms with E-state index in [1.807, 2.05) is 12.1 Å². The highest BCUT2D eigenvalue weighted by Crippen LogP contribution is 2.29. The third-order valence-corrected chi connectivity index (χ3v) is 4.90. The molecule has 0 aromatic heterocycles. The number of benzene rings is 1. The van der Waals surface area contributed by atoms with Gasteiger partial charge in [0.2, 0.25) is 0 Å². The fourth-order valence-corrected chi connectivity index (χ4v) is 3.66. The van der Waals surface area contributed by atoms with Gasteiger partial charge in [0.15, 0.2) is 0 Å². The zero-order valence-electron chi connectivity index (χ0n) is 11.8. The van der Waals surface area contributed by atoms with E-state index in [1.165, 1.54) is 32.1 Å². The van der Waals surface area contributed by atoms with E-state index >= 15 is 0 Å². The normalized spacial score (nSPS) is 19.7. The first-order valence-electron chi connectivity index (χ1n) is 7.30. The van der Waals surface area contributed by atoms with Crippen LogP contribution in [-0.4, -0.2) is 18.0 Å². The van der Waals surface area contributed by atoms with E-state index < -0.39 is 0 Å². The van der Waals surface area contributed by atoms with Crippen molar-refractivity contribution in [1.29, 1.82) is 0 Å². The molecule has 0 aliphatic carbocycles. The molecule has 1 aliphatic heterocycles. The number of nitrogens with zero attached hydrogens (tertiary/aromatic N) is 2. The van der Waals surface area contributed by atoms with Crippen molar-refractivity contribution in [2.75, 3.05) is 18.0 Å². The number of nitro groups is 1. The highest BCUT2D eigenvalue weighted by Gasteiger charge is 2.19. The van der Waals surface area contributed by atoms with E-state index in [1.54, 1.807) is 6.07 Å². The van der Waals surface area contributed by atoms with Gasteiger partial charge in [0.05, 0.1) is 8.49 Å². The van der Waals surface area contributed by atoms with Gasteiger partial charge in [0.25, 0.3) is 5.69 Å². The van der Waals surface area contributed by atoms with Crippen LogP contribution in [-0.2, 0) is 0 Å². The largest absolute Gasteiger partial charge is 0.371 e. The Labute approximate surface area is 133 Å². The first kappa shape index (κ1) is 15.5. The van der Waals surface area contributed by atoms with Crippen molar-refractivity contribution in [3.05, 3.63) is 31.9 Å². The zero-order chi connectivity index (χ0) is 14.5. The second-order valence-electron chi connectivity index (χ2n) is 5.47. The molecule has 110 valence electrons. The molecule has 0 bridgehead atoms. The molecule has 20 heavy (non-hydrogen) atoms. The molecule has 1 heterocycles. The van der Waals surface area contributed by atoms with Crippen molar-refractivity contribution in [1.82, 2.24) is 0 Å². The van der Waals surface area contributed by atoms with E-state index in [0.29, 0.717) is 0 Å². The summed E-state index contributed by atoms with van der Waals surface area (Å²) in [7, 11) is 0. The fraction of sp³-hybridized carbons (Fsp3) is 0.600. The van der Waals surface area contributed by atoms with E-state index in [0.717, 1.165) is 28.3 Å². The summed E-state index contributed by atoms with van der Waals surface area (Å²) in [5.74, 6) is 0.849. The summed E-state index contributed by atoms with van der Waals surface area (Å²) in [6.45, 7) is 4.38. The lowest BCUT2D eigenvalue weighted by Gasteiger charge is -2.23. The molecule has 1 fully saturated rings. The van der Waals surface area contributed by atoms with Gasteiger partial charge >= 0.3 is 0 Å². The van der Waals surface area contributed by atoms with Crippen molar-refractivity contribution in [2.45, 2.75) is 39.0 Å². The molecule has 4 nitrogen and oxygen atoms in total. The molecule has 1 aromatic carbocycles. The lowest BCUT2D eigenvalue weighted by Crippen LogP contribution is -2.24. The van der Waals surface area contributed by atoms with Gasteiger partial charge in [-0.3, -0.25) is 10.1 Å². The monoisotopic (exact) mass is 388 g/mol. The second kappa shape index (κ2) is 7.24. The summed E-state index contributed by atoms with van der Waals surface area (Å²) in [6.07, 6.45) is 6.36. The minimum absolute atomic E-state index is 0.202. The molecule has 1 atom stereocenters. The van der Waals surface area contributed by atoms with Crippen molar-refractivity contribution < 1.29 is 4.92 Å². The summed E-state index contributed by atoms with van der Waals surface area (Å²) in [5, 5.41) is 10.9. The van der Waals surface area contributed by atoms with Crippen molar-refractivity contribution in [3.63, 3.8) is 0 Å². The van der Waals surface area contributed by atoms with Crippen LogP contribution in [0, 0.1) is 19.6 Å². The fourth-order valence-electron chi connectivity index (χ4n) is 2.96. The molecule has 0 N–H and O–H groups in total. The van der Waals surface area contributed by atoms with Crippen LogP contribution in [0.1, 0.15) is 39.0 Å². The Bertz CT molecular complexity index is 479. The van der Waals surface area contributed by atoms with Crippen molar-refractivity contribution in [2.24, 2.45) is 5.92 Å². The Morgan fingerprint density at radius 1 is 1.40 bits per heavy atom. The Balaban J connectivity index is 2.08. The quantitative estimate of drug-likeness (QED) is 0.430. The topological polar surface area (TPSA) is 46.4 Å². The molecule has 1 unspecified atom stereocenters. The zero-order valence-corrected chi connectivity index (χ0v) is 14.0. The van der Waals surface area contributed by atoms with Crippen LogP contribution in [0.4, 0.5) is 11.4 Å². The van der Waals surface area contributed by atoms with Crippen LogP contribution in [0.2, 0.25) is 0 Å². The molecule has 2 rings (SSSR count). The van der Waals surface area contributed by atoms with Crippen molar-refractivity contribution in [3.8, 4) is 0 Å². The lowest BCUT2D eigenvalue weighted by molar-refractivity contribution is -0.385. The van der Waals surface area contributed by atoms with E-state index in [4.69, 9.17) is 0 Å². The number of halogens is 1. The first-order chi connectivity index (χ1) is 9.61. The van der Waals surface area contributed by atoms with Crippen LogP contribution in [0.25, 0.3) is 0 Å². The SMILES string of the molecule is CCCC1CCCN(c2ccc([N+](=O)[O-])c(I)c2)CC1. The average molecular weight is 388 g/mol. The summed E-state index contributed by atoms with van der Waals surface area (Å²) < 4.78 is 0.722. The predicted octanol–water partition coefficient (Wildman–Crippen LogP) is 4.61. The molecule has 5 heteroatoms. The highest BCUT2D eigenvalue weighted by molar-refractivity contribution is 14.1. The molecular weight excluding hydrogens is 367 g/mol. The number of anilines is 1. The summed E-state index contributed by atoms with van der Waals surface area (Å²) in [5.41, 5.74) is 1.32. The summed E-state index contributed by atoms with van der Waals surface area (Å²) in [6, 6.07) is 5.46. The van der Waals surface area contributed by atoms with Crippen LogP contribution in [0.5, 0.6) is 0 Å². The minimum Gasteiger partial charge on any atom is -0.371 e. The van der Waals surface area contributed by atoms with Gasteiger partial charge < -0.3 is 4.90 Å². The standard InChI is InChI=1S/C15H21IN2O2/c1-2-4-12-5-3-9-17(10-8-12)13-6-7-15(18(19)20)14(16)11-13/h6-7,11-12H,2-5,8-10H2,1H3. The van der Waals surface area contributed by atoms with Crippen LogP contribution in [0.15, 0.2) is 18.2 Å². The van der Waals surface area contributed by atoms with Crippen LogP contribution < -0.4 is 4.90 Å². The van der Waals surface area contributed by atoms with Gasteiger partial charge in [-0.15, -0.1) is 0 Å². The molecule has 1 aliphatic rings. The molecular formula is C15H21IN2O2. The van der Waals surface area contributed by atoms with Gasteiger partial charge in [0.1, 0.15) is 0 Å². The number of hydrogen-bond donors (Lipinski definition) is 0. The summed E-state index contributed by atoms with van der Waals surface area (Å²) >= 11 is 2.06. The lowest BCUT2D eigenvalue weighted by atomic mass is 9.96. The Hall–Kier alpha value is -0.850. The highest BCUT2D eigenvalue weighted by atomic mass is 127. The molecule has 1 saturated heterocycles. The van der Waals surface area contributed by atoms with Gasteiger partial charge in [-0.05, 0) is 59.9 Å². The average Bonchev–Trinajstić information content (AvgIpc) is 2.64. The molecule has 0 saturated carbocycles. The third-order valence-electron chi connectivity index (χ3n) is 4.04. The Morgan fingerprint density at radius 2 is 2.20 bits per heavy atom. The van der Waals surface area contributed by atoms with Crippen LogP contribution in [0.3, 0.4) is 0 Å². The maximum Gasteiger partial charge on any atom is 0.282 e. The number of hydrogen-bond acceptors (Lipinski definition) is 3. The van der Waals surface area contributed by atoms with Crippen molar-refractivity contribution >= 4 is 34.0 Å². The second-order valence-corrected chi connectivity index (χ2v) is 6.63. The smallest absolute Gasteiger partial charge is 0.282 e. The van der Waals surface area contributed by atoms with Crippen LogP contribution >= 0.6 is 22.6 Å². The summed E-state index contributed by atoms with van der Waals surface area (Å²) in [4.78, 5) is 12.9. The van der Waals surface area contributed by atoms with E-state index in [9.17, 15) is 10.1 Å². The third kappa shape index (κ3) is 3.84. The maximum absolute atomic E-state index is 10.9. The van der Waals surface area contributed by atoms with Gasteiger partial charge in [-0.1, -0.05) is 19.8 Å².